The normalized spacial score (nSPS) is 12.6. The third-order valence-electron chi connectivity index (χ3n) is 1.28. The smallest absolute Gasteiger partial charge is 0.306 e. The summed E-state index contributed by atoms with van der Waals surface area (Å²) < 4.78 is 4.93. The van der Waals surface area contributed by atoms with Crippen LogP contribution in [0.15, 0.2) is 0 Å². The third-order valence-corrected chi connectivity index (χ3v) is 1.72. The topological polar surface area (TPSA) is 26.3 Å². The predicted octanol–water partition coefficient (Wildman–Crippen LogP) is 2.35. The van der Waals surface area contributed by atoms with E-state index in [1.165, 1.54) is 0 Å². The summed E-state index contributed by atoms with van der Waals surface area (Å²) in [4.78, 5) is 10.9. The number of ether oxygens (including phenoxy) is 1. The molecule has 1 atom stereocenters. The highest BCUT2D eigenvalue weighted by molar-refractivity contribution is 6.18. The average Bonchev–Trinajstić information content (AvgIpc) is 2.00. The SMILES string of the molecule is CCCCC(=O)OC(C)CCl. The number of hydrogen-bond acceptors (Lipinski definition) is 2. The number of unbranched alkanes of at least 4 members (excludes halogenated alkanes) is 1. The Morgan fingerprint density at radius 2 is 2.27 bits per heavy atom. The lowest BCUT2D eigenvalue weighted by atomic mass is 10.2. The molecule has 11 heavy (non-hydrogen) atoms. The molecule has 1 unspecified atom stereocenters. The molecule has 0 saturated carbocycles. The van der Waals surface area contributed by atoms with Crippen molar-refractivity contribution >= 4 is 17.6 Å². The largest absolute Gasteiger partial charge is 0.461 e. The van der Waals surface area contributed by atoms with Crippen LogP contribution in [-0.4, -0.2) is 18.0 Å². The summed E-state index contributed by atoms with van der Waals surface area (Å²) in [6.45, 7) is 3.83. The first-order valence-electron chi connectivity index (χ1n) is 3.96. The van der Waals surface area contributed by atoms with Crippen molar-refractivity contribution in [3.8, 4) is 0 Å². The van der Waals surface area contributed by atoms with Gasteiger partial charge in [-0.1, -0.05) is 13.3 Å². The van der Waals surface area contributed by atoms with Gasteiger partial charge in [-0.3, -0.25) is 4.79 Å². The van der Waals surface area contributed by atoms with E-state index in [0.717, 1.165) is 12.8 Å². The zero-order chi connectivity index (χ0) is 8.69. The first-order chi connectivity index (χ1) is 5.20. The Morgan fingerprint density at radius 1 is 1.64 bits per heavy atom. The molecule has 0 saturated heterocycles. The number of hydrogen-bond donors (Lipinski definition) is 0. The molecule has 0 amide bonds. The fourth-order valence-electron chi connectivity index (χ4n) is 0.636. The van der Waals surface area contributed by atoms with Crippen LogP contribution < -0.4 is 0 Å². The first kappa shape index (κ1) is 10.8. The average molecular weight is 179 g/mol. The monoisotopic (exact) mass is 178 g/mol. The zero-order valence-corrected chi connectivity index (χ0v) is 7.86. The number of rotatable bonds is 5. The van der Waals surface area contributed by atoms with Crippen LogP contribution in [0.25, 0.3) is 0 Å². The maximum Gasteiger partial charge on any atom is 0.306 e. The van der Waals surface area contributed by atoms with Crippen molar-refractivity contribution in [1.82, 2.24) is 0 Å². The van der Waals surface area contributed by atoms with Crippen LogP contribution in [0.1, 0.15) is 33.1 Å². The molecule has 0 aliphatic rings. The van der Waals surface area contributed by atoms with E-state index in [2.05, 4.69) is 0 Å². The van der Waals surface area contributed by atoms with Gasteiger partial charge in [0.15, 0.2) is 0 Å². The third kappa shape index (κ3) is 6.17. The predicted molar refractivity (Wildman–Crippen MR) is 45.8 cm³/mol. The van der Waals surface area contributed by atoms with Gasteiger partial charge in [0, 0.05) is 6.42 Å². The Kier molecular flexibility index (Phi) is 6.33. The number of carbonyl (C=O) groups is 1. The van der Waals surface area contributed by atoms with Crippen LogP contribution in [0.2, 0.25) is 0 Å². The molecular weight excluding hydrogens is 164 g/mol. The van der Waals surface area contributed by atoms with Crippen molar-refractivity contribution in [2.75, 3.05) is 5.88 Å². The van der Waals surface area contributed by atoms with Crippen LogP contribution >= 0.6 is 11.6 Å². The van der Waals surface area contributed by atoms with E-state index in [9.17, 15) is 4.79 Å². The molecule has 0 rings (SSSR count). The molecule has 0 aliphatic carbocycles. The van der Waals surface area contributed by atoms with Gasteiger partial charge >= 0.3 is 5.97 Å². The highest BCUT2D eigenvalue weighted by Gasteiger charge is 2.06. The molecule has 0 bridgehead atoms. The second-order valence-electron chi connectivity index (χ2n) is 2.56. The highest BCUT2D eigenvalue weighted by atomic mass is 35.5. The molecule has 0 N–H and O–H groups in total. The van der Waals surface area contributed by atoms with Gasteiger partial charge in [0.25, 0.3) is 0 Å². The van der Waals surface area contributed by atoms with Crippen molar-refractivity contribution in [2.45, 2.75) is 39.2 Å². The van der Waals surface area contributed by atoms with E-state index in [1.807, 2.05) is 6.92 Å². The van der Waals surface area contributed by atoms with Crippen LogP contribution in [0.5, 0.6) is 0 Å². The second kappa shape index (κ2) is 6.47. The lowest BCUT2D eigenvalue weighted by Gasteiger charge is -2.08. The molecule has 0 radical (unpaired) electrons. The molecule has 0 aromatic carbocycles. The van der Waals surface area contributed by atoms with E-state index >= 15 is 0 Å². The molecule has 66 valence electrons. The Bertz CT molecular complexity index is 115. The maximum atomic E-state index is 10.9. The van der Waals surface area contributed by atoms with Gasteiger partial charge in [-0.25, -0.2) is 0 Å². The summed E-state index contributed by atoms with van der Waals surface area (Å²) in [6.07, 6.45) is 2.27. The fraction of sp³-hybridized carbons (Fsp3) is 0.875. The molecule has 0 aromatic heterocycles. The van der Waals surface area contributed by atoms with E-state index < -0.39 is 0 Å². The van der Waals surface area contributed by atoms with Crippen molar-refractivity contribution < 1.29 is 9.53 Å². The molecule has 2 nitrogen and oxygen atoms in total. The second-order valence-corrected chi connectivity index (χ2v) is 2.87. The van der Waals surface area contributed by atoms with E-state index in [-0.39, 0.29) is 12.1 Å². The van der Waals surface area contributed by atoms with Gasteiger partial charge in [-0.2, -0.15) is 0 Å². The van der Waals surface area contributed by atoms with Crippen molar-refractivity contribution in [1.29, 1.82) is 0 Å². The van der Waals surface area contributed by atoms with E-state index in [4.69, 9.17) is 16.3 Å². The maximum absolute atomic E-state index is 10.9. The molecule has 0 heterocycles. The van der Waals surface area contributed by atoms with Gasteiger partial charge in [0.1, 0.15) is 6.10 Å². The molecule has 0 fully saturated rings. The fourth-order valence-corrected chi connectivity index (χ4v) is 0.699. The number of alkyl halides is 1. The van der Waals surface area contributed by atoms with Crippen LogP contribution in [-0.2, 0) is 9.53 Å². The molecule has 0 aromatic rings. The zero-order valence-electron chi connectivity index (χ0n) is 7.10. The summed E-state index contributed by atoms with van der Waals surface area (Å²) in [7, 11) is 0. The number of carbonyl (C=O) groups excluding carboxylic acids is 1. The first-order valence-corrected chi connectivity index (χ1v) is 4.49. The Labute approximate surface area is 72.9 Å². The molecule has 3 heteroatoms. The minimum absolute atomic E-state index is 0.139. The van der Waals surface area contributed by atoms with Gasteiger partial charge in [0.2, 0.25) is 0 Å². The molecule has 0 spiro atoms. The van der Waals surface area contributed by atoms with E-state index in [0.29, 0.717) is 12.3 Å². The van der Waals surface area contributed by atoms with Gasteiger partial charge in [0.05, 0.1) is 5.88 Å². The minimum atomic E-state index is -0.152. The number of halogens is 1. The Hall–Kier alpha value is -0.240. The molecular formula is C8H15ClO2. The molecule has 0 aliphatic heterocycles. The lowest BCUT2D eigenvalue weighted by molar-refractivity contribution is -0.147. The van der Waals surface area contributed by atoms with E-state index in [1.54, 1.807) is 6.92 Å². The Morgan fingerprint density at radius 3 is 2.73 bits per heavy atom. The summed E-state index contributed by atoms with van der Waals surface area (Å²) >= 11 is 5.45. The van der Waals surface area contributed by atoms with Crippen molar-refractivity contribution in [3.05, 3.63) is 0 Å². The highest BCUT2D eigenvalue weighted by Crippen LogP contribution is 2.00. The summed E-state index contributed by atoms with van der Waals surface area (Å²) in [6, 6.07) is 0. The van der Waals surface area contributed by atoms with Gasteiger partial charge < -0.3 is 4.74 Å². The van der Waals surface area contributed by atoms with Gasteiger partial charge in [-0.05, 0) is 13.3 Å². The summed E-state index contributed by atoms with van der Waals surface area (Å²) in [5.41, 5.74) is 0. The quantitative estimate of drug-likeness (QED) is 0.477. The van der Waals surface area contributed by atoms with Crippen LogP contribution in [0.3, 0.4) is 0 Å². The Balaban J connectivity index is 3.36. The summed E-state index contributed by atoms with van der Waals surface area (Å²) in [5.74, 6) is 0.234. The van der Waals surface area contributed by atoms with Crippen molar-refractivity contribution in [2.24, 2.45) is 0 Å². The standard InChI is InChI=1S/C8H15ClO2/c1-3-4-5-8(10)11-7(2)6-9/h7H,3-6H2,1-2H3. The minimum Gasteiger partial charge on any atom is -0.461 e. The number of esters is 1. The van der Waals surface area contributed by atoms with Crippen LogP contribution in [0.4, 0.5) is 0 Å². The van der Waals surface area contributed by atoms with Crippen LogP contribution in [0, 0.1) is 0 Å². The van der Waals surface area contributed by atoms with Gasteiger partial charge in [-0.15, -0.1) is 11.6 Å². The summed E-state index contributed by atoms with van der Waals surface area (Å²) in [5, 5.41) is 0. The van der Waals surface area contributed by atoms with Crippen molar-refractivity contribution in [3.63, 3.8) is 0 Å². The lowest BCUT2D eigenvalue weighted by Crippen LogP contribution is -2.15.